The maximum atomic E-state index is 12.4. The normalized spacial score (nSPS) is 14.3. The molecule has 4 rings (SSSR count). The van der Waals surface area contributed by atoms with Crippen molar-refractivity contribution in [3.8, 4) is 11.5 Å². The van der Waals surface area contributed by atoms with Gasteiger partial charge in [0.25, 0.3) is 0 Å². The number of benzene rings is 3. The maximum absolute atomic E-state index is 12.4. The van der Waals surface area contributed by atoms with E-state index in [4.69, 9.17) is 4.74 Å². The van der Waals surface area contributed by atoms with Crippen LogP contribution in [0.2, 0.25) is 0 Å². The van der Waals surface area contributed by atoms with Crippen LogP contribution in [0.5, 0.6) is 11.5 Å². The Morgan fingerprint density at radius 3 is 1.76 bits per heavy atom. The van der Waals surface area contributed by atoms with Crippen molar-refractivity contribution < 1.29 is 21.2 Å². The van der Waals surface area contributed by atoms with Crippen LogP contribution in [0.3, 0.4) is 0 Å². The molecule has 120 valence electrons. The summed E-state index contributed by atoms with van der Waals surface area (Å²) in [6.07, 6.45) is 0. The number of rotatable bonds is 2. The van der Waals surface area contributed by atoms with E-state index in [1.54, 1.807) is 60.7 Å². The number of carbonyl (C=O) groups is 1. The van der Waals surface area contributed by atoms with Crippen molar-refractivity contribution in [2.24, 2.45) is 0 Å². The molecule has 1 aliphatic heterocycles. The molecule has 1 heterocycles. The molecule has 0 spiro atoms. The number of fused-ring (bicyclic) bond motifs is 1. The molecule has 25 heavy (non-hydrogen) atoms. The van der Waals surface area contributed by atoms with Crippen molar-refractivity contribution in [3.63, 3.8) is 0 Å². The molecule has 0 atom stereocenters. The van der Waals surface area contributed by atoms with E-state index in [0.29, 0.717) is 5.56 Å². The van der Waals surface area contributed by atoms with Crippen molar-refractivity contribution in [3.05, 3.63) is 95.1 Å². The van der Waals surface area contributed by atoms with Gasteiger partial charge in [0.2, 0.25) is 0 Å². The fourth-order valence-corrected chi connectivity index (χ4v) is 3.20. The summed E-state index contributed by atoms with van der Waals surface area (Å²) >= 11 is 0. The molecule has 4 nitrogen and oxygen atoms in total. The molecule has 0 saturated carbocycles. The van der Waals surface area contributed by atoms with Gasteiger partial charge in [0, 0.05) is 16.7 Å². The molecule has 3 aromatic carbocycles. The molecular formula is C20H16KO4+. The Hall–Kier alpha value is -1.63. The Labute approximate surface area is 189 Å². The summed E-state index contributed by atoms with van der Waals surface area (Å²) in [5.41, 5.74) is 1.60. The van der Waals surface area contributed by atoms with E-state index in [0.717, 1.165) is 16.7 Å². The van der Waals surface area contributed by atoms with Gasteiger partial charge in [0.15, 0.2) is 5.60 Å². The average Bonchev–Trinajstić information content (AvgIpc) is 2.91. The van der Waals surface area contributed by atoms with Gasteiger partial charge in [-0.05, 0) is 30.3 Å². The summed E-state index contributed by atoms with van der Waals surface area (Å²) in [6, 6.07) is 20.4. The first-order valence-electron chi connectivity index (χ1n) is 7.53. The molecule has 0 unspecified atom stereocenters. The van der Waals surface area contributed by atoms with Gasteiger partial charge < -0.3 is 14.9 Å². The first-order chi connectivity index (χ1) is 11.6. The quantitative estimate of drug-likeness (QED) is 0.545. The molecule has 5 heteroatoms. The minimum atomic E-state index is -1.10. The molecule has 0 radical (unpaired) electrons. The van der Waals surface area contributed by atoms with E-state index in [9.17, 15) is 15.0 Å². The molecule has 2 N–H and O–H groups in total. The predicted molar refractivity (Wildman–Crippen MR) is 96.2 cm³/mol. The van der Waals surface area contributed by atoms with E-state index < -0.39 is 11.6 Å². The van der Waals surface area contributed by atoms with Crippen molar-refractivity contribution in [2.75, 3.05) is 0 Å². The molecule has 3 aromatic rings. The standard InChI is InChI=1S/C20H14O4.K.H/c21-15-9-5-13(6-10-15)20(14-7-11-16(22)12-8-14)18-4-2-1-3-17(18)19(23)24-20;;/h1-12,21-22H;;/p+1. The van der Waals surface area contributed by atoms with Crippen molar-refractivity contribution in [1.29, 1.82) is 0 Å². The average molecular weight is 359 g/mol. The van der Waals surface area contributed by atoms with Crippen LogP contribution in [0.25, 0.3) is 0 Å². The number of phenols is 2. The second-order valence-corrected chi connectivity index (χ2v) is 5.71. The van der Waals surface area contributed by atoms with Gasteiger partial charge in [-0.1, -0.05) is 42.5 Å². The molecular weight excluding hydrogens is 343 g/mol. The van der Waals surface area contributed by atoms with Crippen LogP contribution in [-0.4, -0.2) is 67.6 Å². The van der Waals surface area contributed by atoms with Crippen LogP contribution in [0.1, 0.15) is 28.5 Å². The zero-order valence-corrected chi connectivity index (χ0v) is 12.6. The van der Waals surface area contributed by atoms with Gasteiger partial charge in [-0.3, -0.25) is 0 Å². The first kappa shape index (κ1) is 18.2. The fourth-order valence-electron chi connectivity index (χ4n) is 3.20. The summed E-state index contributed by atoms with van der Waals surface area (Å²) in [5.74, 6) is -0.124. The minimum absolute atomic E-state index is 0. The summed E-state index contributed by atoms with van der Waals surface area (Å²) in [7, 11) is 0. The summed E-state index contributed by atoms with van der Waals surface area (Å²) in [6.45, 7) is 0. The Kier molecular flexibility index (Phi) is 5.04. The number of carbonyl (C=O) groups excluding carboxylic acids is 1. The van der Waals surface area contributed by atoms with E-state index >= 15 is 0 Å². The van der Waals surface area contributed by atoms with Crippen molar-refractivity contribution >= 4 is 57.4 Å². The Morgan fingerprint density at radius 1 is 0.760 bits per heavy atom. The van der Waals surface area contributed by atoms with E-state index in [1.165, 1.54) is 0 Å². The fraction of sp³-hybridized carbons (Fsp3) is 0.0500. The van der Waals surface area contributed by atoms with Crippen LogP contribution in [0.15, 0.2) is 72.8 Å². The van der Waals surface area contributed by atoms with Crippen LogP contribution in [0.4, 0.5) is 0 Å². The molecule has 0 amide bonds. The van der Waals surface area contributed by atoms with E-state index in [1.807, 2.05) is 12.1 Å². The number of cyclic esters (lactones) is 1. The molecule has 0 aliphatic carbocycles. The van der Waals surface area contributed by atoms with Crippen LogP contribution in [-0.2, 0) is 10.3 Å². The van der Waals surface area contributed by atoms with Gasteiger partial charge in [-0.2, -0.15) is 0 Å². The Morgan fingerprint density at radius 2 is 1.24 bits per heavy atom. The zero-order chi connectivity index (χ0) is 16.7. The SMILES string of the molecule is O=C1OC(c2ccc(O)cc2)(c2ccc(O)cc2)c2ccccc21.[H+].[KH]. The summed E-state index contributed by atoms with van der Waals surface area (Å²) < 4.78 is 5.87. The van der Waals surface area contributed by atoms with Gasteiger partial charge >= 0.3 is 58.8 Å². The topological polar surface area (TPSA) is 66.8 Å². The van der Waals surface area contributed by atoms with Gasteiger partial charge in [-0.25, -0.2) is 4.79 Å². The third kappa shape index (κ3) is 2.92. The van der Waals surface area contributed by atoms with Gasteiger partial charge in [-0.15, -0.1) is 0 Å². The number of ether oxygens (including phenoxy) is 1. The summed E-state index contributed by atoms with van der Waals surface area (Å²) in [5, 5.41) is 19.2. The molecule has 0 saturated heterocycles. The van der Waals surface area contributed by atoms with E-state index in [2.05, 4.69) is 0 Å². The molecule has 0 fully saturated rings. The van der Waals surface area contributed by atoms with Crippen LogP contribution >= 0.6 is 0 Å². The van der Waals surface area contributed by atoms with Crippen molar-refractivity contribution in [2.45, 2.75) is 5.60 Å². The second-order valence-electron chi connectivity index (χ2n) is 5.71. The molecule has 0 bridgehead atoms. The number of hydrogen-bond donors (Lipinski definition) is 2. The Balaban J connectivity index is 0.00000121. The van der Waals surface area contributed by atoms with Gasteiger partial charge in [0.1, 0.15) is 11.5 Å². The molecule has 1 aliphatic rings. The third-order valence-electron chi connectivity index (χ3n) is 4.32. The Bertz CT molecular complexity index is 878. The zero-order valence-electron chi connectivity index (χ0n) is 13.6. The third-order valence-corrected chi connectivity index (χ3v) is 4.32. The monoisotopic (exact) mass is 359 g/mol. The van der Waals surface area contributed by atoms with E-state index in [-0.39, 0.29) is 64.3 Å². The number of phenolic OH excluding ortho intramolecular Hbond substituents is 2. The number of esters is 1. The number of aromatic hydroxyl groups is 2. The summed E-state index contributed by atoms with van der Waals surface area (Å²) in [4.78, 5) is 12.4. The second kappa shape index (κ2) is 6.94. The molecule has 0 aromatic heterocycles. The van der Waals surface area contributed by atoms with Crippen molar-refractivity contribution in [1.82, 2.24) is 0 Å². The van der Waals surface area contributed by atoms with Gasteiger partial charge in [0.05, 0.1) is 5.56 Å². The van der Waals surface area contributed by atoms with Crippen LogP contribution in [0, 0.1) is 0 Å². The van der Waals surface area contributed by atoms with Crippen LogP contribution < -0.4 is 0 Å². The first-order valence-corrected chi connectivity index (χ1v) is 7.53. The predicted octanol–water partition coefficient (Wildman–Crippen LogP) is 3.02. The number of hydrogen-bond acceptors (Lipinski definition) is 4.